The molecule has 29 heavy (non-hydrogen) atoms. The molecule has 0 saturated carbocycles. The van der Waals surface area contributed by atoms with Crippen LogP contribution in [0, 0.1) is 5.82 Å². The Balaban J connectivity index is 1.71. The fraction of sp³-hybridized carbons (Fsp3) is 0.0952. The summed E-state index contributed by atoms with van der Waals surface area (Å²) in [7, 11) is 0. The van der Waals surface area contributed by atoms with Gasteiger partial charge in [-0.05, 0) is 25.1 Å². The largest absolute Gasteiger partial charge is 0.504 e. The first kappa shape index (κ1) is 18.8. The molecule has 2 aromatic carbocycles. The summed E-state index contributed by atoms with van der Waals surface area (Å²) >= 11 is 1.33. The maximum atomic E-state index is 13.7. The lowest BCUT2D eigenvalue weighted by Crippen LogP contribution is -1.95. The van der Waals surface area contributed by atoms with E-state index < -0.39 is 0 Å². The van der Waals surface area contributed by atoms with E-state index in [2.05, 4.69) is 20.5 Å². The number of aromatic hydroxyl groups is 1. The minimum Gasteiger partial charge on any atom is -0.504 e. The second kappa shape index (κ2) is 8.24. The van der Waals surface area contributed by atoms with Crippen molar-refractivity contribution >= 4 is 33.6 Å². The molecular formula is C21H17FN4O2S. The van der Waals surface area contributed by atoms with Crippen molar-refractivity contribution < 1.29 is 14.2 Å². The second-order valence-electron chi connectivity index (χ2n) is 6.00. The molecule has 0 atom stereocenters. The molecular weight excluding hydrogens is 391 g/mol. The SMILES string of the molecule is CCOc1ccccc1-c1sc2c(N/N=C/c3ccccc3F)ncnc2c1O. The lowest BCUT2D eigenvalue weighted by atomic mass is 10.1. The van der Waals surface area contributed by atoms with E-state index in [1.165, 1.54) is 29.9 Å². The van der Waals surface area contributed by atoms with E-state index in [0.29, 0.717) is 38.8 Å². The van der Waals surface area contributed by atoms with Gasteiger partial charge >= 0.3 is 0 Å². The quantitative estimate of drug-likeness (QED) is 0.345. The molecule has 6 nitrogen and oxygen atoms in total. The molecule has 2 heterocycles. The number of rotatable bonds is 6. The van der Waals surface area contributed by atoms with E-state index in [1.807, 2.05) is 31.2 Å². The smallest absolute Gasteiger partial charge is 0.167 e. The third-order valence-electron chi connectivity index (χ3n) is 4.16. The van der Waals surface area contributed by atoms with Crippen molar-refractivity contribution in [2.75, 3.05) is 12.0 Å². The van der Waals surface area contributed by atoms with Crippen LogP contribution < -0.4 is 10.2 Å². The number of hydrogen-bond acceptors (Lipinski definition) is 7. The van der Waals surface area contributed by atoms with Crippen LogP contribution in [0.4, 0.5) is 10.2 Å². The maximum Gasteiger partial charge on any atom is 0.167 e. The van der Waals surface area contributed by atoms with Crippen molar-refractivity contribution in [2.24, 2.45) is 5.10 Å². The number of nitrogens with one attached hydrogen (secondary N) is 1. The van der Waals surface area contributed by atoms with Crippen molar-refractivity contribution in [1.29, 1.82) is 0 Å². The number of ether oxygens (including phenoxy) is 1. The Hall–Kier alpha value is -3.52. The first-order chi connectivity index (χ1) is 14.2. The molecule has 0 aliphatic heterocycles. The topological polar surface area (TPSA) is 79.6 Å². The van der Waals surface area contributed by atoms with Gasteiger partial charge in [-0.3, -0.25) is 5.43 Å². The number of hydrogen-bond donors (Lipinski definition) is 2. The van der Waals surface area contributed by atoms with Crippen molar-refractivity contribution in [3.05, 3.63) is 66.2 Å². The molecule has 0 aliphatic carbocycles. The van der Waals surface area contributed by atoms with Gasteiger partial charge in [0.1, 0.15) is 28.1 Å². The van der Waals surface area contributed by atoms with Gasteiger partial charge in [0.15, 0.2) is 11.6 Å². The van der Waals surface area contributed by atoms with Gasteiger partial charge in [0.2, 0.25) is 0 Å². The second-order valence-corrected chi connectivity index (χ2v) is 7.02. The van der Waals surface area contributed by atoms with Crippen LogP contribution in [0.2, 0.25) is 0 Å². The summed E-state index contributed by atoms with van der Waals surface area (Å²) in [6.07, 6.45) is 2.72. The molecule has 0 amide bonds. The van der Waals surface area contributed by atoms with Gasteiger partial charge in [0.25, 0.3) is 0 Å². The van der Waals surface area contributed by atoms with Crippen molar-refractivity contribution in [1.82, 2.24) is 9.97 Å². The molecule has 0 aliphatic rings. The standard InChI is InChI=1S/C21H17FN4O2S/c1-2-28-16-10-6-4-8-14(16)19-18(27)17-20(29-19)21(24-12-23-17)26-25-11-13-7-3-5-9-15(13)22/h3-12,27H,2H2,1H3,(H,23,24,26)/b25-11+. The maximum absolute atomic E-state index is 13.7. The summed E-state index contributed by atoms with van der Waals surface area (Å²) in [5.74, 6) is 0.787. The van der Waals surface area contributed by atoms with Crippen molar-refractivity contribution in [2.45, 2.75) is 6.92 Å². The molecule has 0 bridgehead atoms. The highest BCUT2D eigenvalue weighted by Crippen LogP contribution is 2.47. The van der Waals surface area contributed by atoms with Crippen molar-refractivity contribution in [3.63, 3.8) is 0 Å². The predicted molar refractivity (Wildman–Crippen MR) is 113 cm³/mol. The third kappa shape index (κ3) is 3.74. The normalized spacial score (nSPS) is 11.2. The zero-order valence-corrected chi connectivity index (χ0v) is 16.3. The molecule has 2 N–H and O–H groups in total. The summed E-state index contributed by atoms with van der Waals surface area (Å²) in [5.41, 5.74) is 4.35. The monoisotopic (exact) mass is 408 g/mol. The van der Waals surface area contributed by atoms with E-state index >= 15 is 0 Å². The molecule has 0 spiro atoms. The van der Waals surface area contributed by atoms with Gasteiger partial charge < -0.3 is 9.84 Å². The molecule has 0 unspecified atom stereocenters. The predicted octanol–water partition coefficient (Wildman–Crippen LogP) is 5.05. The fourth-order valence-electron chi connectivity index (χ4n) is 2.84. The molecule has 0 fully saturated rings. The summed E-state index contributed by atoms with van der Waals surface area (Å²) < 4.78 is 20.0. The molecule has 2 aromatic heterocycles. The van der Waals surface area contributed by atoms with Gasteiger partial charge in [-0.25, -0.2) is 14.4 Å². The minimum absolute atomic E-state index is 0.0562. The average molecular weight is 408 g/mol. The average Bonchev–Trinajstić information content (AvgIpc) is 3.07. The summed E-state index contributed by atoms with van der Waals surface area (Å²) in [5, 5.41) is 14.8. The van der Waals surface area contributed by atoms with Gasteiger partial charge in [-0.1, -0.05) is 30.3 Å². The fourth-order valence-corrected chi connectivity index (χ4v) is 3.95. The number of para-hydroxylation sites is 1. The first-order valence-corrected chi connectivity index (χ1v) is 9.73. The van der Waals surface area contributed by atoms with Crippen LogP contribution in [0.3, 0.4) is 0 Å². The van der Waals surface area contributed by atoms with Gasteiger partial charge in [-0.15, -0.1) is 11.3 Å². The number of thiophene rings is 1. The zero-order chi connectivity index (χ0) is 20.2. The Kier molecular flexibility index (Phi) is 5.35. The Morgan fingerprint density at radius 1 is 1.17 bits per heavy atom. The van der Waals surface area contributed by atoms with Crippen LogP contribution in [0.5, 0.6) is 11.5 Å². The molecule has 146 valence electrons. The molecule has 8 heteroatoms. The molecule has 0 saturated heterocycles. The highest BCUT2D eigenvalue weighted by molar-refractivity contribution is 7.23. The Bertz CT molecular complexity index is 1190. The zero-order valence-electron chi connectivity index (χ0n) is 15.5. The Morgan fingerprint density at radius 3 is 2.79 bits per heavy atom. The molecule has 4 aromatic rings. The van der Waals surface area contributed by atoms with Gasteiger partial charge in [0.05, 0.1) is 17.7 Å². The van der Waals surface area contributed by atoms with Crippen LogP contribution >= 0.6 is 11.3 Å². The van der Waals surface area contributed by atoms with E-state index in [-0.39, 0.29) is 11.6 Å². The van der Waals surface area contributed by atoms with Gasteiger partial charge in [-0.2, -0.15) is 5.10 Å². The number of fused-ring (bicyclic) bond motifs is 1. The highest BCUT2D eigenvalue weighted by Gasteiger charge is 2.19. The van der Waals surface area contributed by atoms with Gasteiger partial charge in [0, 0.05) is 11.1 Å². The van der Waals surface area contributed by atoms with E-state index in [9.17, 15) is 9.50 Å². The van der Waals surface area contributed by atoms with Crippen LogP contribution in [0.25, 0.3) is 20.7 Å². The van der Waals surface area contributed by atoms with E-state index in [4.69, 9.17) is 4.74 Å². The van der Waals surface area contributed by atoms with E-state index in [0.717, 1.165) is 5.56 Å². The highest BCUT2D eigenvalue weighted by atomic mass is 32.1. The van der Waals surface area contributed by atoms with E-state index in [1.54, 1.807) is 18.2 Å². The van der Waals surface area contributed by atoms with Crippen LogP contribution in [0.1, 0.15) is 12.5 Å². The minimum atomic E-state index is -0.366. The first-order valence-electron chi connectivity index (χ1n) is 8.91. The lowest BCUT2D eigenvalue weighted by Gasteiger charge is -2.08. The number of benzene rings is 2. The Labute approximate surface area is 170 Å². The third-order valence-corrected chi connectivity index (χ3v) is 5.37. The molecule has 0 radical (unpaired) electrons. The van der Waals surface area contributed by atoms with Crippen molar-refractivity contribution in [3.8, 4) is 21.9 Å². The van der Waals surface area contributed by atoms with Crippen LogP contribution in [-0.2, 0) is 0 Å². The summed E-state index contributed by atoms with van der Waals surface area (Å²) in [6.45, 7) is 2.42. The number of halogens is 1. The number of nitrogens with zero attached hydrogens (tertiary/aromatic N) is 3. The van der Waals surface area contributed by atoms with Crippen LogP contribution in [0.15, 0.2) is 60.0 Å². The number of anilines is 1. The summed E-state index contributed by atoms with van der Waals surface area (Å²) in [6, 6.07) is 13.8. The summed E-state index contributed by atoms with van der Waals surface area (Å²) in [4.78, 5) is 9.04. The van der Waals surface area contributed by atoms with Crippen LogP contribution in [-0.4, -0.2) is 27.9 Å². The lowest BCUT2D eigenvalue weighted by molar-refractivity contribution is 0.341. The molecule has 4 rings (SSSR count). The number of hydrazone groups is 1. The Morgan fingerprint density at radius 2 is 1.97 bits per heavy atom. The number of aromatic nitrogens is 2.